The molecule has 0 aromatic carbocycles. The van der Waals surface area contributed by atoms with Crippen molar-refractivity contribution in [1.29, 1.82) is 0 Å². The molecule has 1 aromatic heterocycles. The van der Waals surface area contributed by atoms with Gasteiger partial charge in [-0.2, -0.15) is 0 Å². The molecule has 1 aliphatic rings. The number of carbonyl (C=O) groups excluding carboxylic acids is 1. The van der Waals surface area contributed by atoms with E-state index in [0.29, 0.717) is 24.1 Å². The van der Waals surface area contributed by atoms with Crippen molar-refractivity contribution in [2.45, 2.75) is 12.8 Å². The molecule has 1 aromatic rings. The number of piperidine rings is 1. The van der Waals surface area contributed by atoms with Crippen molar-refractivity contribution in [1.82, 2.24) is 15.1 Å². The van der Waals surface area contributed by atoms with Crippen molar-refractivity contribution >= 4 is 22.5 Å². The number of anilines is 1. The third-order valence-corrected chi connectivity index (χ3v) is 3.34. The molecule has 16 heavy (non-hydrogen) atoms. The first kappa shape index (κ1) is 11.3. The zero-order valence-corrected chi connectivity index (χ0v) is 9.61. The van der Waals surface area contributed by atoms with Crippen LogP contribution in [0.5, 0.6) is 0 Å². The van der Waals surface area contributed by atoms with Crippen LogP contribution < -0.4 is 5.32 Å². The highest BCUT2D eigenvalue weighted by Gasteiger charge is 2.22. The number of amides is 2. The Morgan fingerprint density at radius 3 is 2.94 bits per heavy atom. The van der Waals surface area contributed by atoms with Gasteiger partial charge in [-0.15, -0.1) is 10.2 Å². The number of urea groups is 1. The average molecular weight is 242 g/mol. The Balaban J connectivity index is 1.82. The summed E-state index contributed by atoms with van der Waals surface area (Å²) in [5.74, 6) is 0.338. The molecule has 0 radical (unpaired) electrons. The molecule has 7 heteroatoms. The van der Waals surface area contributed by atoms with E-state index in [0.717, 1.165) is 12.8 Å². The molecule has 2 amide bonds. The summed E-state index contributed by atoms with van der Waals surface area (Å²) in [6, 6.07) is -0.131. The van der Waals surface area contributed by atoms with Gasteiger partial charge in [0.15, 0.2) is 0 Å². The van der Waals surface area contributed by atoms with Gasteiger partial charge in [0, 0.05) is 19.7 Å². The molecule has 1 fully saturated rings. The van der Waals surface area contributed by atoms with Crippen LogP contribution in [0.4, 0.5) is 9.93 Å². The molecule has 6 nitrogen and oxygen atoms in total. The fraction of sp³-hybridized carbons (Fsp3) is 0.667. The first-order valence-electron chi connectivity index (χ1n) is 5.22. The number of aliphatic hydroxyl groups excluding tert-OH is 1. The van der Waals surface area contributed by atoms with E-state index in [2.05, 4.69) is 15.5 Å². The maximum atomic E-state index is 11.8. The zero-order valence-electron chi connectivity index (χ0n) is 8.80. The Kier molecular flexibility index (Phi) is 3.68. The first-order valence-corrected chi connectivity index (χ1v) is 6.10. The second kappa shape index (κ2) is 5.22. The second-order valence-corrected chi connectivity index (χ2v) is 4.62. The molecule has 1 saturated heterocycles. The third-order valence-electron chi connectivity index (χ3n) is 2.73. The molecule has 1 aliphatic heterocycles. The molecule has 0 bridgehead atoms. The van der Waals surface area contributed by atoms with Crippen LogP contribution in [0.1, 0.15) is 12.8 Å². The van der Waals surface area contributed by atoms with E-state index in [1.807, 2.05) is 0 Å². The summed E-state index contributed by atoms with van der Waals surface area (Å²) in [6.07, 6.45) is 1.72. The van der Waals surface area contributed by atoms with Crippen molar-refractivity contribution in [2.75, 3.05) is 25.0 Å². The first-order chi connectivity index (χ1) is 7.79. The van der Waals surface area contributed by atoms with Crippen LogP contribution in [-0.4, -0.2) is 45.9 Å². The number of nitrogens with one attached hydrogen (secondary N) is 1. The van der Waals surface area contributed by atoms with Crippen LogP contribution in [-0.2, 0) is 0 Å². The van der Waals surface area contributed by atoms with Crippen molar-refractivity contribution in [3.05, 3.63) is 5.51 Å². The predicted octanol–water partition coefficient (Wildman–Crippen LogP) is 0.774. The number of nitrogens with zero attached hydrogens (tertiary/aromatic N) is 3. The maximum absolute atomic E-state index is 11.8. The largest absolute Gasteiger partial charge is 0.396 e. The van der Waals surface area contributed by atoms with Gasteiger partial charge in [-0.25, -0.2) is 4.79 Å². The minimum atomic E-state index is -0.131. The number of likely N-dealkylation sites (tertiary alicyclic amines) is 1. The SMILES string of the molecule is O=C(Nc1nncs1)N1CCC(CO)CC1. The molecule has 88 valence electrons. The molecular formula is C9H14N4O2S. The molecule has 0 spiro atoms. The highest BCUT2D eigenvalue weighted by atomic mass is 32.1. The highest BCUT2D eigenvalue weighted by Crippen LogP contribution is 2.17. The lowest BCUT2D eigenvalue weighted by Crippen LogP contribution is -2.41. The van der Waals surface area contributed by atoms with Crippen LogP contribution in [0.25, 0.3) is 0 Å². The van der Waals surface area contributed by atoms with E-state index in [1.54, 1.807) is 10.4 Å². The molecule has 2 heterocycles. The van der Waals surface area contributed by atoms with Crippen LogP contribution in [0, 0.1) is 5.92 Å². The number of rotatable bonds is 2. The summed E-state index contributed by atoms with van der Waals surface area (Å²) >= 11 is 1.30. The minimum absolute atomic E-state index is 0.131. The molecule has 0 aliphatic carbocycles. The summed E-state index contributed by atoms with van der Waals surface area (Å²) in [6.45, 7) is 1.59. The highest BCUT2D eigenvalue weighted by molar-refractivity contribution is 7.13. The Hall–Kier alpha value is -1.21. The van der Waals surface area contributed by atoms with Gasteiger partial charge in [0.1, 0.15) is 5.51 Å². The van der Waals surface area contributed by atoms with E-state index < -0.39 is 0 Å². The monoisotopic (exact) mass is 242 g/mol. The number of hydrogen-bond donors (Lipinski definition) is 2. The minimum Gasteiger partial charge on any atom is -0.396 e. The van der Waals surface area contributed by atoms with E-state index >= 15 is 0 Å². The Labute approximate surface area is 97.3 Å². The van der Waals surface area contributed by atoms with Gasteiger partial charge in [0.2, 0.25) is 5.13 Å². The molecule has 2 N–H and O–H groups in total. The summed E-state index contributed by atoms with van der Waals surface area (Å²) in [5, 5.41) is 19.6. The Morgan fingerprint density at radius 1 is 1.62 bits per heavy atom. The van der Waals surface area contributed by atoms with Gasteiger partial charge in [-0.05, 0) is 18.8 Å². The lowest BCUT2D eigenvalue weighted by Gasteiger charge is -2.30. The van der Waals surface area contributed by atoms with Crippen molar-refractivity contribution in [2.24, 2.45) is 5.92 Å². The van der Waals surface area contributed by atoms with Gasteiger partial charge in [0.25, 0.3) is 0 Å². The molecule has 0 saturated carbocycles. The van der Waals surface area contributed by atoms with Crippen molar-refractivity contribution in [3.63, 3.8) is 0 Å². The Morgan fingerprint density at radius 2 is 2.38 bits per heavy atom. The summed E-state index contributed by atoms with van der Waals surface area (Å²) in [4.78, 5) is 13.5. The normalized spacial score (nSPS) is 17.4. The van der Waals surface area contributed by atoms with Crippen LogP contribution >= 0.6 is 11.3 Å². The fourth-order valence-corrected chi connectivity index (χ4v) is 2.15. The van der Waals surface area contributed by atoms with E-state index in [1.165, 1.54) is 11.3 Å². The number of aliphatic hydroxyl groups is 1. The van der Waals surface area contributed by atoms with Crippen molar-refractivity contribution in [3.8, 4) is 0 Å². The number of hydrogen-bond acceptors (Lipinski definition) is 5. The van der Waals surface area contributed by atoms with E-state index in [4.69, 9.17) is 5.11 Å². The van der Waals surface area contributed by atoms with Gasteiger partial charge in [-0.1, -0.05) is 11.3 Å². The smallest absolute Gasteiger partial charge is 0.323 e. The quantitative estimate of drug-likeness (QED) is 0.803. The number of aromatic nitrogens is 2. The summed E-state index contributed by atoms with van der Waals surface area (Å²) < 4.78 is 0. The lowest BCUT2D eigenvalue weighted by atomic mass is 9.98. The van der Waals surface area contributed by atoms with E-state index in [9.17, 15) is 4.79 Å². The summed E-state index contributed by atoms with van der Waals surface area (Å²) in [5.41, 5.74) is 1.58. The predicted molar refractivity (Wildman–Crippen MR) is 60.3 cm³/mol. The Bertz CT molecular complexity index is 335. The molecular weight excluding hydrogens is 228 g/mol. The van der Waals surface area contributed by atoms with Crippen LogP contribution in [0.2, 0.25) is 0 Å². The second-order valence-electron chi connectivity index (χ2n) is 3.79. The number of carbonyl (C=O) groups is 1. The third kappa shape index (κ3) is 2.67. The van der Waals surface area contributed by atoms with Crippen molar-refractivity contribution < 1.29 is 9.90 Å². The average Bonchev–Trinajstić information content (AvgIpc) is 2.82. The maximum Gasteiger partial charge on any atom is 0.323 e. The van der Waals surface area contributed by atoms with Gasteiger partial charge >= 0.3 is 6.03 Å². The fourth-order valence-electron chi connectivity index (χ4n) is 1.72. The van der Waals surface area contributed by atoms with Gasteiger partial charge in [-0.3, -0.25) is 5.32 Å². The molecule has 2 rings (SSSR count). The van der Waals surface area contributed by atoms with Gasteiger partial charge < -0.3 is 10.0 Å². The van der Waals surface area contributed by atoms with E-state index in [-0.39, 0.29) is 12.6 Å². The molecule has 0 atom stereocenters. The zero-order chi connectivity index (χ0) is 11.4. The van der Waals surface area contributed by atoms with Gasteiger partial charge in [0.05, 0.1) is 0 Å². The van der Waals surface area contributed by atoms with Crippen LogP contribution in [0.15, 0.2) is 5.51 Å². The summed E-state index contributed by atoms with van der Waals surface area (Å²) in [7, 11) is 0. The standard InChI is InChI=1S/C9H14N4O2S/c14-5-7-1-3-13(4-2-7)9(15)11-8-12-10-6-16-8/h6-7,14H,1-5H2,(H,11,12,15). The lowest BCUT2D eigenvalue weighted by molar-refractivity contribution is 0.143. The van der Waals surface area contributed by atoms with Crippen LogP contribution in [0.3, 0.4) is 0 Å². The topological polar surface area (TPSA) is 78.4 Å². The molecule has 0 unspecified atom stereocenters.